The van der Waals surface area contributed by atoms with Gasteiger partial charge < -0.3 is 5.32 Å². The third-order valence-corrected chi connectivity index (χ3v) is 1.31. The molecule has 8 heavy (non-hydrogen) atoms. The van der Waals surface area contributed by atoms with Crippen molar-refractivity contribution in [3.63, 3.8) is 0 Å². The Hall–Kier alpha value is -0.0400. The van der Waals surface area contributed by atoms with Crippen LogP contribution in [-0.2, 0) is 0 Å². The summed E-state index contributed by atoms with van der Waals surface area (Å²) in [7, 11) is 0. The first-order chi connectivity index (χ1) is 3.89. The molecule has 0 aromatic rings. The molecule has 0 unspecified atom stereocenters. The van der Waals surface area contributed by atoms with Crippen molar-refractivity contribution in [3.05, 3.63) is 0 Å². The molecule has 0 amide bonds. The Morgan fingerprint density at radius 1 is 1.38 bits per heavy atom. The van der Waals surface area contributed by atoms with E-state index in [-0.39, 0.29) is 0 Å². The molecule has 1 N–H and O–H groups in total. The summed E-state index contributed by atoms with van der Waals surface area (Å²) in [6.07, 6.45) is 1.38. The molecule has 1 heteroatoms. The lowest BCUT2D eigenvalue weighted by molar-refractivity contribution is 0.651. The second kappa shape index (κ2) is 5.10. The molecule has 0 aromatic carbocycles. The van der Waals surface area contributed by atoms with Gasteiger partial charge in [0.1, 0.15) is 0 Å². The molecule has 1 fully saturated rings. The Morgan fingerprint density at radius 2 is 2.00 bits per heavy atom. The zero-order valence-electron chi connectivity index (χ0n) is 6.20. The van der Waals surface area contributed by atoms with Crippen molar-refractivity contribution in [1.82, 2.24) is 5.32 Å². The number of hydrogen-bond donors (Lipinski definition) is 1. The van der Waals surface area contributed by atoms with Crippen LogP contribution in [0.1, 0.15) is 27.2 Å². The molecule has 1 nitrogen and oxygen atoms in total. The van der Waals surface area contributed by atoms with Crippen molar-refractivity contribution >= 4 is 0 Å². The van der Waals surface area contributed by atoms with Crippen LogP contribution in [0.25, 0.3) is 0 Å². The average Bonchev–Trinajstić information content (AvgIpc) is 2.24. The monoisotopic (exact) mass is 115 g/mol. The van der Waals surface area contributed by atoms with Crippen molar-refractivity contribution < 1.29 is 0 Å². The summed E-state index contributed by atoms with van der Waals surface area (Å²) in [5.41, 5.74) is 0. The molecule has 0 bridgehead atoms. The zero-order valence-corrected chi connectivity index (χ0v) is 6.20. The summed E-state index contributed by atoms with van der Waals surface area (Å²) < 4.78 is 0. The number of nitrogens with one attached hydrogen (secondary N) is 1. The van der Waals surface area contributed by atoms with Crippen molar-refractivity contribution in [2.45, 2.75) is 27.2 Å². The van der Waals surface area contributed by atoms with Crippen LogP contribution < -0.4 is 5.32 Å². The second-order valence-corrected chi connectivity index (χ2v) is 2.10. The quantitative estimate of drug-likeness (QED) is 0.506. The molecule has 0 saturated carbocycles. The summed E-state index contributed by atoms with van der Waals surface area (Å²) >= 11 is 0. The summed E-state index contributed by atoms with van der Waals surface area (Å²) in [5, 5.41) is 3.27. The smallest absolute Gasteiger partial charge is 0.00227 e. The highest BCUT2D eigenvalue weighted by molar-refractivity contribution is 4.65. The fourth-order valence-electron chi connectivity index (χ4n) is 0.799. The van der Waals surface area contributed by atoms with Gasteiger partial charge >= 0.3 is 0 Å². The van der Waals surface area contributed by atoms with Crippen LogP contribution in [-0.4, -0.2) is 13.1 Å². The summed E-state index contributed by atoms with van der Waals surface area (Å²) in [6.45, 7) is 8.75. The minimum Gasteiger partial charge on any atom is -0.316 e. The van der Waals surface area contributed by atoms with Crippen LogP contribution in [0.4, 0.5) is 0 Å². The number of hydrogen-bond acceptors (Lipinski definition) is 1. The third-order valence-electron chi connectivity index (χ3n) is 1.31. The molecule has 1 heterocycles. The maximum atomic E-state index is 3.27. The molecule has 1 saturated heterocycles. The fraction of sp³-hybridized carbons (Fsp3) is 1.00. The van der Waals surface area contributed by atoms with Crippen molar-refractivity contribution in [2.75, 3.05) is 13.1 Å². The van der Waals surface area contributed by atoms with Crippen LogP contribution in [0.5, 0.6) is 0 Å². The van der Waals surface area contributed by atoms with Gasteiger partial charge in [0.15, 0.2) is 0 Å². The number of rotatable bonds is 0. The topological polar surface area (TPSA) is 12.0 Å². The van der Waals surface area contributed by atoms with Gasteiger partial charge in [-0.05, 0) is 25.4 Å². The SMILES string of the molecule is CC.C[C@H]1CCNC1. The molecule has 50 valence electrons. The standard InChI is InChI=1S/C5H11N.C2H6/c1-5-2-3-6-4-5;1-2/h5-6H,2-4H2,1H3;1-2H3/t5-;/m0./s1. The van der Waals surface area contributed by atoms with Gasteiger partial charge in [-0.2, -0.15) is 0 Å². The lowest BCUT2D eigenvalue weighted by atomic mass is 10.2. The van der Waals surface area contributed by atoms with E-state index < -0.39 is 0 Å². The van der Waals surface area contributed by atoms with Crippen molar-refractivity contribution in [3.8, 4) is 0 Å². The first-order valence-electron chi connectivity index (χ1n) is 3.60. The normalized spacial score (nSPS) is 26.6. The van der Waals surface area contributed by atoms with E-state index >= 15 is 0 Å². The van der Waals surface area contributed by atoms with E-state index in [2.05, 4.69) is 12.2 Å². The van der Waals surface area contributed by atoms with E-state index in [1.54, 1.807) is 0 Å². The molecule has 1 rings (SSSR count). The first-order valence-corrected chi connectivity index (χ1v) is 3.60. The molecular formula is C7H17N. The van der Waals surface area contributed by atoms with Gasteiger partial charge in [0, 0.05) is 0 Å². The summed E-state index contributed by atoms with van der Waals surface area (Å²) in [6, 6.07) is 0. The van der Waals surface area contributed by atoms with Crippen LogP contribution in [0, 0.1) is 5.92 Å². The molecule has 0 aliphatic carbocycles. The summed E-state index contributed by atoms with van der Waals surface area (Å²) in [4.78, 5) is 0. The summed E-state index contributed by atoms with van der Waals surface area (Å²) in [5.74, 6) is 0.935. The van der Waals surface area contributed by atoms with E-state index in [0.717, 1.165) is 5.92 Å². The van der Waals surface area contributed by atoms with E-state index in [1.807, 2.05) is 13.8 Å². The minimum atomic E-state index is 0.935. The van der Waals surface area contributed by atoms with Gasteiger partial charge in [0.25, 0.3) is 0 Å². The van der Waals surface area contributed by atoms with Crippen LogP contribution in [0.3, 0.4) is 0 Å². The van der Waals surface area contributed by atoms with E-state index in [0.29, 0.717) is 0 Å². The Bertz CT molecular complexity index is 37.7. The predicted octanol–water partition coefficient (Wildman–Crippen LogP) is 1.64. The minimum absolute atomic E-state index is 0.935. The maximum absolute atomic E-state index is 3.27. The Morgan fingerprint density at radius 3 is 2.12 bits per heavy atom. The Labute approximate surface area is 52.5 Å². The molecule has 1 atom stereocenters. The molecule has 0 radical (unpaired) electrons. The average molecular weight is 115 g/mol. The third kappa shape index (κ3) is 3.03. The van der Waals surface area contributed by atoms with Gasteiger partial charge in [0.05, 0.1) is 0 Å². The molecular weight excluding hydrogens is 98.1 g/mol. The second-order valence-electron chi connectivity index (χ2n) is 2.10. The van der Waals surface area contributed by atoms with E-state index in [1.165, 1.54) is 19.5 Å². The fourth-order valence-corrected chi connectivity index (χ4v) is 0.799. The van der Waals surface area contributed by atoms with Crippen LogP contribution >= 0.6 is 0 Å². The largest absolute Gasteiger partial charge is 0.316 e. The highest BCUT2D eigenvalue weighted by Crippen LogP contribution is 2.03. The molecule has 0 spiro atoms. The lowest BCUT2D eigenvalue weighted by Crippen LogP contribution is -2.06. The van der Waals surface area contributed by atoms with Gasteiger partial charge in [-0.1, -0.05) is 20.8 Å². The molecule has 1 aliphatic rings. The van der Waals surface area contributed by atoms with Gasteiger partial charge in [-0.15, -0.1) is 0 Å². The first kappa shape index (κ1) is 7.96. The molecule has 1 aliphatic heterocycles. The van der Waals surface area contributed by atoms with Crippen LogP contribution in [0.15, 0.2) is 0 Å². The Balaban J connectivity index is 0.000000222. The predicted molar refractivity (Wildman–Crippen MR) is 38.0 cm³/mol. The van der Waals surface area contributed by atoms with E-state index in [4.69, 9.17) is 0 Å². The zero-order chi connectivity index (χ0) is 6.41. The molecule has 0 aromatic heterocycles. The van der Waals surface area contributed by atoms with Gasteiger partial charge in [-0.3, -0.25) is 0 Å². The Kier molecular flexibility index (Phi) is 5.08. The van der Waals surface area contributed by atoms with Crippen molar-refractivity contribution in [2.24, 2.45) is 5.92 Å². The van der Waals surface area contributed by atoms with Crippen LogP contribution in [0.2, 0.25) is 0 Å². The van der Waals surface area contributed by atoms with Gasteiger partial charge in [0.2, 0.25) is 0 Å². The van der Waals surface area contributed by atoms with Crippen molar-refractivity contribution in [1.29, 1.82) is 0 Å². The lowest BCUT2D eigenvalue weighted by Gasteiger charge is -1.90. The maximum Gasteiger partial charge on any atom is -0.00227 e. The van der Waals surface area contributed by atoms with E-state index in [9.17, 15) is 0 Å². The highest BCUT2D eigenvalue weighted by atomic mass is 14.9. The van der Waals surface area contributed by atoms with Gasteiger partial charge in [-0.25, -0.2) is 0 Å². The highest BCUT2D eigenvalue weighted by Gasteiger charge is 2.06.